The van der Waals surface area contributed by atoms with Gasteiger partial charge in [0.1, 0.15) is 11.7 Å². The Kier molecular flexibility index (Phi) is 4.84. The van der Waals surface area contributed by atoms with Crippen LogP contribution in [0.25, 0.3) is 0 Å². The van der Waals surface area contributed by atoms with Crippen molar-refractivity contribution >= 4 is 0 Å². The summed E-state index contributed by atoms with van der Waals surface area (Å²) in [7, 11) is 0. The molecule has 0 amide bonds. The van der Waals surface area contributed by atoms with Crippen molar-refractivity contribution in [1.82, 2.24) is 0 Å². The molecule has 3 aliphatic carbocycles. The monoisotopic (exact) mass is 370 g/mol. The Morgan fingerprint density at radius 1 is 1.22 bits per heavy atom. The summed E-state index contributed by atoms with van der Waals surface area (Å²) in [5, 5.41) is 20.5. The van der Waals surface area contributed by atoms with E-state index in [0.29, 0.717) is 5.57 Å². The van der Waals surface area contributed by atoms with Crippen LogP contribution in [0.3, 0.4) is 0 Å². The van der Waals surface area contributed by atoms with E-state index in [1.807, 2.05) is 19.9 Å². The second kappa shape index (κ2) is 6.90. The summed E-state index contributed by atoms with van der Waals surface area (Å²) in [6.07, 6.45) is 13.6. The molecule has 4 nitrogen and oxygen atoms in total. The molecular weight excluding hydrogens is 340 g/mol. The Morgan fingerprint density at radius 3 is 2.74 bits per heavy atom. The van der Waals surface area contributed by atoms with E-state index in [1.54, 1.807) is 6.08 Å². The molecule has 2 N–H and O–H groups in total. The highest BCUT2D eigenvalue weighted by atomic mass is 16.8. The lowest BCUT2D eigenvalue weighted by Gasteiger charge is -2.49. The van der Waals surface area contributed by atoms with Crippen molar-refractivity contribution in [2.75, 3.05) is 6.61 Å². The number of hydrogen-bond donors (Lipinski definition) is 2. The third-order valence-electron chi connectivity index (χ3n) is 6.26. The molecule has 4 rings (SSSR count). The quantitative estimate of drug-likeness (QED) is 0.730. The van der Waals surface area contributed by atoms with Crippen molar-refractivity contribution in [1.29, 1.82) is 0 Å². The first kappa shape index (κ1) is 19.0. The first-order chi connectivity index (χ1) is 12.9. The Hall–Kier alpha value is -1.38. The Labute approximate surface area is 161 Å². The van der Waals surface area contributed by atoms with Gasteiger partial charge < -0.3 is 19.7 Å². The third-order valence-corrected chi connectivity index (χ3v) is 6.26. The summed E-state index contributed by atoms with van der Waals surface area (Å²) in [4.78, 5) is 0. The van der Waals surface area contributed by atoms with E-state index >= 15 is 0 Å². The molecule has 3 fully saturated rings. The zero-order chi connectivity index (χ0) is 19.1. The van der Waals surface area contributed by atoms with E-state index in [0.717, 1.165) is 56.1 Å². The minimum Gasteiger partial charge on any atom is -0.391 e. The first-order valence-electron chi connectivity index (χ1n) is 10.2. The number of hydrogen-bond acceptors (Lipinski definition) is 4. The van der Waals surface area contributed by atoms with Gasteiger partial charge in [-0.2, -0.15) is 0 Å². The number of aliphatic hydroxyl groups excluding tert-OH is 1. The van der Waals surface area contributed by atoms with Crippen LogP contribution in [0, 0.1) is 11.8 Å². The van der Waals surface area contributed by atoms with Crippen LogP contribution in [0.2, 0.25) is 0 Å². The number of aliphatic hydroxyl groups is 2. The standard InChI is InChI=1S/C23H30O4/c1-21(2)26-20-19(18-11-5-9-15-23(18,20)27-21)17(16-24)10-4-8-14-22(25)12-6-3-7-13-22/h8,11,14,20,24-25H,3,5-7,9,12-13,15-16H2,1-2H3/b14-8+,19-17-/t20-,23+/m0/s1. The molecular formula is C23H30O4. The minimum atomic E-state index is -0.719. The summed E-state index contributed by atoms with van der Waals surface area (Å²) in [6, 6.07) is 0. The van der Waals surface area contributed by atoms with E-state index in [9.17, 15) is 10.2 Å². The van der Waals surface area contributed by atoms with Gasteiger partial charge in [0.2, 0.25) is 0 Å². The van der Waals surface area contributed by atoms with Crippen LogP contribution in [0.5, 0.6) is 0 Å². The summed E-state index contributed by atoms with van der Waals surface area (Å²) in [5.41, 5.74) is 1.78. The molecule has 0 aromatic rings. The maximum atomic E-state index is 10.5. The minimum absolute atomic E-state index is 0.117. The molecule has 0 unspecified atom stereocenters. The average molecular weight is 370 g/mol. The highest BCUT2D eigenvalue weighted by Crippen LogP contribution is 2.60. The van der Waals surface area contributed by atoms with Gasteiger partial charge in [0, 0.05) is 11.1 Å². The molecule has 0 aromatic heterocycles. The maximum Gasteiger partial charge on any atom is 0.165 e. The fraction of sp³-hybridized carbons (Fsp3) is 0.652. The fourth-order valence-electron chi connectivity index (χ4n) is 5.05. The molecule has 1 saturated heterocycles. The van der Waals surface area contributed by atoms with E-state index in [4.69, 9.17) is 9.47 Å². The lowest BCUT2D eigenvalue weighted by atomic mass is 9.61. The molecule has 0 bridgehead atoms. The van der Waals surface area contributed by atoms with Crippen molar-refractivity contribution in [2.24, 2.45) is 0 Å². The van der Waals surface area contributed by atoms with Gasteiger partial charge in [-0.15, -0.1) is 0 Å². The molecule has 1 aliphatic heterocycles. The molecule has 1 heterocycles. The Bertz CT molecular complexity index is 755. The topological polar surface area (TPSA) is 58.9 Å². The van der Waals surface area contributed by atoms with E-state index < -0.39 is 11.4 Å². The third kappa shape index (κ3) is 3.32. The average Bonchev–Trinajstić information content (AvgIpc) is 2.84. The zero-order valence-electron chi connectivity index (χ0n) is 16.4. The van der Waals surface area contributed by atoms with Crippen molar-refractivity contribution < 1.29 is 19.7 Å². The van der Waals surface area contributed by atoms with Crippen LogP contribution in [-0.2, 0) is 9.47 Å². The molecule has 27 heavy (non-hydrogen) atoms. The first-order valence-corrected chi connectivity index (χ1v) is 10.2. The van der Waals surface area contributed by atoms with Crippen LogP contribution < -0.4 is 0 Å². The zero-order valence-corrected chi connectivity index (χ0v) is 16.4. The van der Waals surface area contributed by atoms with Gasteiger partial charge in [-0.1, -0.05) is 37.2 Å². The van der Waals surface area contributed by atoms with Crippen molar-refractivity contribution in [3.63, 3.8) is 0 Å². The highest BCUT2D eigenvalue weighted by Gasteiger charge is 2.66. The molecule has 2 atom stereocenters. The van der Waals surface area contributed by atoms with Crippen LogP contribution in [0.1, 0.15) is 65.2 Å². The Morgan fingerprint density at radius 2 is 2.00 bits per heavy atom. The van der Waals surface area contributed by atoms with Gasteiger partial charge in [-0.25, -0.2) is 0 Å². The molecule has 1 spiro atoms. The SMILES string of the molecule is CC1(C)O[C@H]2/C(=C(/C#C/C=C/C3(O)CCCCC3)CO)C3=CCCC[C@@]32O1. The van der Waals surface area contributed by atoms with Crippen molar-refractivity contribution in [3.05, 3.63) is 34.9 Å². The van der Waals surface area contributed by atoms with E-state index in [-0.39, 0.29) is 18.3 Å². The van der Waals surface area contributed by atoms with Gasteiger partial charge in [-0.3, -0.25) is 0 Å². The fourth-order valence-corrected chi connectivity index (χ4v) is 5.05. The normalized spacial score (nSPS) is 35.4. The van der Waals surface area contributed by atoms with Crippen molar-refractivity contribution in [2.45, 2.75) is 88.3 Å². The van der Waals surface area contributed by atoms with Gasteiger partial charge in [0.25, 0.3) is 0 Å². The highest BCUT2D eigenvalue weighted by molar-refractivity contribution is 5.63. The van der Waals surface area contributed by atoms with Crippen LogP contribution in [-0.4, -0.2) is 39.9 Å². The molecule has 0 radical (unpaired) electrons. The number of ether oxygens (including phenoxy) is 2. The van der Waals surface area contributed by atoms with E-state index in [1.165, 1.54) is 6.42 Å². The summed E-state index contributed by atoms with van der Waals surface area (Å²) in [6.45, 7) is 3.78. The summed E-state index contributed by atoms with van der Waals surface area (Å²) in [5.74, 6) is 5.50. The second-order valence-electron chi connectivity index (χ2n) is 8.72. The summed E-state index contributed by atoms with van der Waals surface area (Å²) >= 11 is 0. The van der Waals surface area contributed by atoms with Gasteiger partial charge in [-0.05, 0) is 63.7 Å². The summed E-state index contributed by atoms with van der Waals surface area (Å²) < 4.78 is 12.4. The predicted molar refractivity (Wildman–Crippen MR) is 104 cm³/mol. The van der Waals surface area contributed by atoms with E-state index in [2.05, 4.69) is 17.9 Å². The van der Waals surface area contributed by atoms with Gasteiger partial charge in [0.05, 0.1) is 12.2 Å². The molecule has 4 aliphatic rings. The molecule has 4 heteroatoms. The number of rotatable bonds is 2. The molecule has 146 valence electrons. The van der Waals surface area contributed by atoms with Gasteiger partial charge >= 0.3 is 0 Å². The Balaban J connectivity index is 1.59. The van der Waals surface area contributed by atoms with Crippen molar-refractivity contribution in [3.8, 4) is 11.8 Å². The molecule has 2 saturated carbocycles. The smallest absolute Gasteiger partial charge is 0.165 e. The number of allylic oxidation sites excluding steroid dienone is 2. The maximum absolute atomic E-state index is 10.5. The largest absolute Gasteiger partial charge is 0.391 e. The predicted octanol–water partition coefficient (Wildman–Crippen LogP) is 3.54. The van der Waals surface area contributed by atoms with Gasteiger partial charge in [0.15, 0.2) is 5.79 Å². The molecule has 0 aromatic carbocycles. The second-order valence-corrected chi connectivity index (χ2v) is 8.72. The van der Waals surface area contributed by atoms with Crippen LogP contribution in [0.15, 0.2) is 34.9 Å². The lowest BCUT2D eigenvalue weighted by molar-refractivity contribution is -0.153. The van der Waals surface area contributed by atoms with Crippen LogP contribution in [0.4, 0.5) is 0 Å². The van der Waals surface area contributed by atoms with Crippen LogP contribution >= 0.6 is 0 Å². The lowest BCUT2D eigenvalue weighted by Crippen LogP contribution is -2.55.